The number of anilines is 1. The predicted octanol–water partition coefficient (Wildman–Crippen LogP) is 2.63. The lowest BCUT2D eigenvalue weighted by Gasteiger charge is -2.16. The molecule has 0 saturated carbocycles. The normalized spacial score (nSPS) is 14.8. The Morgan fingerprint density at radius 2 is 2.15 bits per heavy atom. The molecule has 1 heterocycles. The van der Waals surface area contributed by atoms with Gasteiger partial charge < -0.3 is 4.90 Å². The van der Waals surface area contributed by atoms with Gasteiger partial charge in [-0.05, 0) is 37.0 Å². The van der Waals surface area contributed by atoms with Gasteiger partial charge in [0.15, 0.2) is 0 Å². The van der Waals surface area contributed by atoms with E-state index < -0.39 is 0 Å². The molecule has 1 aliphatic heterocycles. The molecule has 0 unspecified atom stereocenters. The van der Waals surface area contributed by atoms with Crippen LogP contribution in [0.3, 0.4) is 0 Å². The van der Waals surface area contributed by atoms with E-state index in [-0.39, 0.29) is 0 Å². The summed E-state index contributed by atoms with van der Waals surface area (Å²) in [6.45, 7) is 6.82. The highest BCUT2D eigenvalue weighted by molar-refractivity contribution is 5.60. The largest absolute Gasteiger partial charge is 0.371 e. The molecule has 1 aliphatic rings. The first kappa shape index (κ1) is 8.61. The van der Waals surface area contributed by atoms with Gasteiger partial charge in [0.1, 0.15) is 0 Å². The van der Waals surface area contributed by atoms with E-state index >= 15 is 0 Å². The Hall–Kier alpha value is -0.980. The monoisotopic (exact) mass is 175 g/mol. The number of benzene rings is 1. The highest BCUT2D eigenvalue weighted by atomic mass is 15.1. The average molecular weight is 175 g/mol. The van der Waals surface area contributed by atoms with E-state index in [0.29, 0.717) is 0 Å². The van der Waals surface area contributed by atoms with Crippen LogP contribution >= 0.6 is 0 Å². The molecular formula is C12H17N. The summed E-state index contributed by atoms with van der Waals surface area (Å²) in [5.41, 5.74) is 4.60. The zero-order valence-corrected chi connectivity index (χ0v) is 8.51. The molecule has 0 N–H and O–H groups in total. The Balaban J connectivity index is 2.43. The molecule has 0 spiro atoms. The summed E-state index contributed by atoms with van der Waals surface area (Å²) < 4.78 is 0. The fourth-order valence-corrected chi connectivity index (χ4v) is 2.23. The van der Waals surface area contributed by atoms with Crippen LogP contribution in [0.1, 0.15) is 25.0 Å². The zero-order valence-electron chi connectivity index (χ0n) is 8.51. The number of nitrogens with zero attached hydrogens (tertiary/aromatic N) is 1. The summed E-state index contributed by atoms with van der Waals surface area (Å²) in [5, 5.41) is 0. The van der Waals surface area contributed by atoms with Crippen molar-refractivity contribution in [2.45, 2.75) is 26.7 Å². The molecule has 1 aromatic carbocycles. The lowest BCUT2D eigenvalue weighted by molar-refractivity contribution is 0.866. The predicted molar refractivity (Wildman–Crippen MR) is 57.4 cm³/mol. The molecule has 1 nitrogen and oxygen atoms in total. The van der Waals surface area contributed by atoms with Crippen LogP contribution < -0.4 is 4.90 Å². The topological polar surface area (TPSA) is 3.24 Å². The molecular weight excluding hydrogens is 158 g/mol. The maximum atomic E-state index is 2.47. The van der Waals surface area contributed by atoms with Gasteiger partial charge in [0.05, 0.1) is 0 Å². The fraction of sp³-hybridized carbons (Fsp3) is 0.500. The number of aryl methyl sites for hydroxylation is 1. The first-order valence-corrected chi connectivity index (χ1v) is 5.22. The van der Waals surface area contributed by atoms with Crippen LogP contribution in [0.15, 0.2) is 18.2 Å². The van der Waals surface area contributed by atoms with Crippen LogP contribution in [0, 0.1) is 0 Å². The van der Waals surface area contributed by atoms with Crippen LogP contribution in [0.2, 0.25) is 0 Å². The maximum absolute atomic E-state index is 2.47. The third kappa shape index (κ3) is 1.32. The summed E-state index contributed by atoms with van der Waals surface area (Å²) in [6.07, 6.45) is 2.41. The van der Waals surface area contributed by atoms with Crippen molar-refractivity contribution in [3.05, 3.63) is 29.3 Å². The average Bonchev–Trinajstić information content (AvgIpc) is 2.60. The molecule has 1 aromatic rings. The van der Waals surface area contributed by atoms with Crippen molar-refractivity contribution in [3.8, 4) is 0 Å². The summed E-state index contributed by atoms with van der Waals surface area (Å²) in [5.74, 6) is 0. The lowest BCUT2D eigenvalue weighted by Crippen LogP contribution is -2.18. The minimum atomic E-state index is 1.14. The maximum Gasteiger partial charge on any atom is 0.0402 e. The second-order valence-electron chi connectivity index (χ2n) is 3.60. The smallest absolute Gasteiger partial charge is 0.0402 e. The van der Waals surface area contributed by atoms with Crippen LogP contribution in [0.5, 0.6) is 0 Å². The van der Waals surface area contributed by atoms with Gasteiger partial charge >= 0.3 is 0 Å². The second-order valence-corrected chi connectivity index (χ2v) is 3.60. The molecule has 1 heteroatoms. The van der Waals surface area contributed by atoms with E-state index in [2.05, 4.69) is 36.9 Å². The van der Waals surface area contributed by atoms with Crippen LogP contribution in [0.4, 0.5) is 5.69 Å². The number of fused-ring (bicyclic) bond motifs is 1. The minimum Gasteiger partial charge on any atom is -0.371 e. The second kappa shape index (κ2) is 3.41. The zero-order chi connectivity index (χ0) is 9.26. The molecule has 13 heavy (non-hydrogen) atoms. The molecule has 0 fully saturated rings. The van der Waals surface area contributed by atoms with Crippen molar-refractivity contribution in [2.75, 3.05) is 18.0 Å². The molecule has 0 aliphatic carbocycles. The van der Waals surface area contributed by atoms with Crippen molar-refractivity contribution in [3.63, 3.8) is 0 Å². The van der Waals surface area contributed by atoms with Crippen molar-refractivity contribution in [1.82, 2.24) is 0 Å². The number of likely N-dealkylation sites (N-methyl/N-ethyl adjacent to an activating group) is 1. The third-order valence-corrected chi connectivity index (χ3v) is 2.98. The summed E-state index contributed by atoms with van der Waals surface area (Å²) in [6, 6.07) is 6.70. The van der Waals surface area contributed by atoms with Gasteiger partial charge in [0.2, 0.25) is 0 Å². The van der Waals surface area contributed by atoms with E-state index in [1.807, 2.05) is 0 Å². The first-order chi connectivity index (χ1) is 6.36. The standard InChI is InChI=1S/C12H17N/c1-3-10-6-5-7-12-11(10)8-9-13(12)4-2/h5-7H,3-4,8-9H2,1-2H3. The third-order valence-electron chi connectivity index (χ3n) is 2.98. The van der Waals surface area contributed by atoms with Gasteiger partial charge in [-0.15, -0.1) is 0 Å². The van der Waals surface area contributed by atoms with E-state index in [0.717, 1.165) is 6.54 Å². The Morgan fingerprint density at radius 3 is 2.85 bits per heavy atom. The van der Waals surface area contributed by atoms with E-state index in [1.165, 1.54) is 30.6 Å². The van der Waals surface area contributed by atoms with Gasteiger partial charge in [0.25, 0.3) is 0 Å². The number of hydrogen-bond acceptors (Lipinski definition) is 1. The number of hydrogen-bond donors (Lipinski definition) is 0. The highest BCUT2D eigenvalue weighted by Gasteiger charge is 2.18. The van der Waals surface area contributed by atoms with Crippen LogP contribution in [0.25, 0.3) is 0 Å². The quantitative estimate of drug-likeness (QED) is 0.668. The molecule has 0 bridgehead atoms. The SMILES string of the molecule is CCc1cccc2c1CCN2CC. The molecule has 2 rings (SSSR count). The van der Waals surface area contributed by atoms with Gasteiger partial charge in [-0.2, -0.15) is 0 Å². The summed E-state index contributed by atoms with van der Waals surface area (Å²) in [4.78, 5) is 2.47. The number of rotatable bonds is 2. The molecule has 0 amide bonds. The Labute approximate surface area is 80.4 Å². The summed E-state index contributed by atoms with van der Waals surface area (Å²) in [7, 11) is 0. The molecule has 70 valence electrons. The molecule has 0 radical (unpaired) electrons. The van der Waals surface area contributed by atoms with Crippen molar-refractivity contribution >= 4 is 5.69 Å². The van der Waals surface area contributed by atoms with Gasteiger partial charge in [-0.3, -0.25) is 0 Å². The van der Waals surface area contributed by atoms with Gasteiger partial charge in [-0.1, -0.05) is 19.1 Å². The molecule has 0 saturated heterocycles. The Bertz CT molecular complexity index is 304. The minimum absolute atomic E-state index is 1.14. The van der Waals surface area contributed by atoms with Crippen molar-refractivity contribution < 1.29 is 0 Å². The highest BCUT2D eigenvalue weighted by Crippen LogP contribution is 2.30. The van der Waals surface area contributed by atoms with E-state index in [9.17, 15) is 0 Å². The van der Waals surface area contributed by atoms with Crippen molar-refractivity contribution in [2.24, 2.45) is 0 Å². The Morgan fingerprint density at radius 1 is 1.31 bits per heavy atom. The van der Waals surface area contributed by atoms with Crippen molar-refractivity contribution in [1.29, 1.82) is 0 Å². The first-order valence-electron chi connectivity index (χ1n) is 5.22. The molecule has 0 atom stereocenters. The fourth-order valence-electron chi connectivity index (χ4n) is 2.23. The summed E-state index contributed by atoms with van der Waals surface area (Å²) >= 11 is 0. The van der Waals surface area contributed by atoms with Crippen LogP contribution in [-0.4, -0.2) is 13.1 Å². The Kier molecular flexibility index (Phi) is 2.26. The van der Waals surface area contributed by atoms with Gasteiger partial charge in [-0.25, -0.2) is 0 Å². The van der Waals surface area contributed by atoms with Crippen LogP contribution in [-0.2, 0) is 12.8 Å². The molecule has 0 aromatic heterocycles. The lowest BCUT2D eigenvalue weighted by atomic mass is 10.0. The van der Waals surface area contributed by atoms with E-state index in [4.69, 9.17) is 0 Å². The van der Waals surface area contributed by atoms with E-state index in [1.54, 1.807) is 5.56 Å². The van der Waals surface area contributed by atoms with Gasteiger partial charge in [0, 0.05) is 18.8 Å².